The van der Waals surface area contributed by atoms with Crippen LogP contribution in [0.1, 0.15) is 25.3 Å². The van der Waals surface area contributed by atoms with Crippen LogP contribution in [0.3, 0.4) is 0 Å². The number of nitrogens with one attached hydrogen (secondary N) is 4. The number of allylic oxidation sites excluding steroid dienone is 1. The second kappa shape index (κ2) is 9.66. The summed E-state index contributed by atoms with van der Waals surface area (Å²) in [5, 5.41) is 10.5. The van der Waals surface area contributed by atoms with E-state index in [0.717, 1.165) is 30.0 Å². The maximum atomic E-state index is 13.1. The first-order valence-corrected chi connectivity index (χ1v) is 11.8. The smallest absolute Gasteiger partial charge is 0.359 e. The molecular formula is C23H19ClF4N4O3S. The number of amides is 3. The van der Waals surface area contributed by atoms with Gasteiger partial charge in [-0.15, -0.1) is 0 Å². The molecule has 1 fully saturated rings. The number of carbonyl (C=O) groups excluding carboxylic acids is 3. The van der Waals surface area contributed by atoms with Crippen LogP contribution >= 0.6 is 23.4 Å². The molecule has 3 amide bonds. The van der Waals surface area contributed by atoms with Gasteiger partial charge < -0.3 is 21.3 Å². The van der Waals surface area contributed by atoms with Crippen LogP contribution in [0, 0.1) is 11.2 Å². The first kappa shape index (κ1) is 25.8. The van der Waals surface area contributed by atoms with Crippen LogP contribution in [0.2, 0.25) is 5.02 Å². The second-order valence-electron chi connectivity index (χ2n) is 8.26. The van der Waals surface area contributed by atoms with E-state index in [9.17, 15) is 31.9 Å². The van der Waals surface area contributed by atoms with E-state index in [1.54, 1.807) is 6.92 Å². The van der Waals surface area contributed by atoms with Gasteiger partial charge in [0.25, 0.3) is 5.91 Å². The summed E-state index contributed by atoms with van der Waals surface area (Å²) >= 11 is 6.89. The molecule has 4 rings (SSSR count). The molecule has 1 aliphatic carbocycles. The van der Waals surface area contributed by atoms with E-state index >= 15 is 0 Å². The minimum Gasteiger partial charge on any atom is -0.359 e. The van der Waals surface area contributed by atoms with Crippen molar-refractivity contribution in [2.45, 2.75) is 31.4 Å². The first-order chi connectivity index (χ1) is 16.9. The van der Waals surface area contributed by atoms with Gasteiger partial charge in [-0.05, 0) is 62.2 Å². The summed E-state index contributed by atoms with van der Waals surface area (Å²) in [5.41, 5.74) is -2.53. The van der Waals surface area contributed by atoms with Crippen molar-refractivity contribution < 1.29 is 31.9 Å². The highest BCUT2D eigenvalue weighted by Crippen LogP contribution is 2.47. The molecule has 1 saturated carbocycles. The largest absolute Gasteiger partial charge is 0.416 e. The van der Waals surface area contributed by atoms with E-state index in [-0.39, 0.29) is 15.6 Å². The molecule has 13 heteroatoms. The number of halogens is 5. The SMILES string of the molecule is CC1=C(C(=O)Nc2cc(C(F)(F)F)ccc2Cl)SC(NC(=O)C2(C(=O)Nc3ccc(F)cc3)CC2)N1. The number of hydrogen-bond donors (Lipinski definition) is 4. The zero-order valence-corrected chi connectivity index (χ0v) is 20.1. The third-order valence-corrected chi connectivity index (χ3v) is 7.18. The van der Waals surface area contributed by atoms with Gasteiger partial charge >= 0.3 is 6.18 Å². The fourth-order valence-electron chi connectivity index (χ4n) is 3.49. The summed E-state index contributed by atoms with van der Waals surface area (Å²) in [6, 6.07) is 7.70. The molecule has 2 aromatic rings. The van der Waals surface area contributed by atoms with Crippen LogP contribution in [-0.2, 0) is 20.6 Å². The maximum Gasteiger partial charge on any atom is 0.416 e. The van der Waals surface area contributed by atoms with Crippen molar-refractivity contribution in [3.63, 3.8) is 0 Å². The lowest BCUT2D eigenvalue weighted by Crippen LogP contribution is -2.47. The Morgan fingerprint density at radius 3 is 2.33 bits per heavy atom. The van der Waals surface area contributed by atoms with E-state index in [4.69, 9.17) is 11.6 Å². The van der Waals surface area contributed by atoms with Crippen molar-refractivity contribution in [3.8, 4) is 0 Å². The topological polar surface area (TPSA) is 99.3 Å². The molecule has 1 aliphatic heterocycles. The summed E-state index contributed by atoms with van der Waals surface area (Å²) in [7, 11) is 0. The van der Waals surface area contributed by atoms with Gasteiger partial charge in [0.2, 0.25) is 11.8 Å². The number of thioether (sulfide) groups is 1. The summed E-state index contributed by atoms with van der Waals surface area (Å²) in [6.07, 6.45) is -3.98. The normalized spacial score (nSPS) is 18.3. The van der Waals surface area contributed by atoms with Gasteiger partial charge in [0.05, 0.1) is 21.2 Å². The average molecular weight is 543 g/mol. The number of carbonyl (C=O) groups is 3. The molecule has 7 nitrogen and oxygen atoms in total. The summed E-state index contributed by atoms with van der Waals surface area (Å²) in [5.74, 6) is -2.26. The number of alkyl halides is 3. The summed E-state index contributed by atoms with van der Waals surface area (Å²) < 4.78 is 52.1. The van der Waals surface area contributed by atoms with Gasteiger partial charge in [-0.25, -0.2) is 4.39 Å². The van der Waals surface area contributed by atoms with E-state index < -0.39 is 46.2 Å². The molecule has 0 bridgehead atoms. The lowest BCUT2D eigenvalue weighted by Gasteiger charge is -2.19. The minimum absolute atomic E-state index is 0.0711. The first-order valence-electron chi connectivity index (χ1n) is 10.6. The molecule has 36 heavy (non-hydrogen) atoms. The maximum absolute atomic E-state index is 13.1. The summed E-state index contributed by atoms with van der Waals surface area (Å²) in [4.78, 5) is 38.5. The summed E-state index contributed by atoms with van der Waals surface area (Å²) in [6.45, 7) is 1.57. The Morgan fingerprint density at radius 2 is 1.72 bits per heavy atom. The van der Waals surface area contributed by atoms with Crippen LogP contribution in [0.5, 0.6) is 0 Å². The average Bonchev–Trinajstić information content (AvgIpc) is 3.54. The number of hydrogen-bond acceptors (Lipinski definition) is 5. The predicted molar refractivity (Wildman–Crippen MR) is 127 cm³/mol. The molecule has 0 spiro atoms. The fraction of sp³-hybridized carbons (Fsp3) is 0.261. The van der Waals surface area contributed by atoms with Gasteiger partial charge in [0.1, 0.15) is 11.2 Å². The van der Waals surface area contributed by atoms with Gasteiger partial charge in [-0.3, -0.25) is 14.4 Å². The van der Waals surface area contributed by atoms with Crippen LogP contribution in [0.15, 0.2) is 53.1 Å². The minimum atomic E-state index is -4.61. The zero-order valence-electron chi connectivity index (χ0n) is 18.6. The highest BCUT2D eigenvalue weighted by molar-refractivity contribution is 8.04. The highest BCUT2D eigenvalue weighted by atomic mass is 35.5. The van der Waals surface area contributed by atoms with Crippen molar-refractivity contribution in [1.82, 2.24) is 10.6 Å². The quantitative estimate of drug-likeness (QED) is 0.310. The molecule has 1 unspecified atom stereocenters. The molecule has 0 radical (unpaired) electrons. The number of rotatable bonds is 6. The van der Waals surface area contributed by atoms with Crippen LogP contribution < -0.4 is 21.3 Å². The second-order valence-corrected chi connectivity index (χ2v) is 9.78. The number of benzene rings is 2. The molecular weight excluding hydrogens is 524 g/mol. The van der Waals surface area contributed by atoms with Crippen molar-refractivity contribution in [3.05, 3.63) is 69.5 Å². The van der Waals surface area contributed by atoms with E-state index in [1.165, 1.54) is 24.3 Å². The number of anilines is 2. The Morgan fingerprint density at radius 1 is 1.06 bits per heavy atom. The predicted octanol–water partition coefficient (Wildman–Crippen LogP) is 4.82. The molecule has 190 valence electrons. The third-order valence-electron chi connectivity index (χ3n) is 5.66. The monoisotopic (exact) mass is 542 g/mol. The Kier molecular flexibility index (Phi) is 6.93. The lowest BCUT2D eigenvalue weighted by molar-refractivity contribution is -0.138. The molecule has 2 aliphatic rings. The Labute approximate surface area is 212 Å². The Balaban J connectivity index is 1.37. The molecule has 2 aromatic carbocycles. The van der Waals surface area contributed by atoms with Gasteiger partial charge in [-0.2, -0.15) is 13.2 Å². The standard InChI is InChI=1S/C23H19ClF4N4O3S/c1-11-17(18(33)31-16-10-12(23(26,27)28)2-7-15(16)24)36-21(29-11)32-20(35)22(8-9-22)19(34)30-14-5-3-13(25)4-6-14/h2-7,10,21,29H,8-9H2,1H3,(H,30,34)(H,31,33)(H,32,35). The molecule has 0 aromatic heterocycles. The van der Waals surface area contributed by atoms with Crippen molar-refractivity contribution in [2.75, 3.05) is 10.6 Å². The Bertz CT molecular complexity index is 1260. The lowest BCUT2D eigenvalue weighted by atomic mass is 10.1. The van der Waals surface area contributed by atoms with Crippen LogP contribution in [-0.4, -0.2) is 23.2 Å². The molecule has 1 heterocycles. The molecule has 4 N–H and O–H groups in total. The van der Waals surface area contributed by atoms with Gasteiger partial charge in [-0.1, -0.05) is 23.4 Å². The van der Waals surface area contributed by atoms with Crippen molar-refractivity contribution in [2.24, 2.45) is 5.41 Å². The molecule has 0 saturated heterocycles. The van der Waals surface area contributed by atoms with Gasteiger partial charge in [0.15, 0.2) is 5.50 Å². The zero-order chi connectivity index (χ0) is 26.3. The van der Waals surface area contributed by atoms with Crippen LogP contribution in [0.4, 0.5) is 28.9 Å². The van der Waals surface area contributed by atoms with Crippen molar-refractivity contribution >= 4 is 52.5 Å². The van der Waals surface area contributed by atoms with Crippen LogP contribution in [0.25, 0.3) is 0 Å². The van der Waals surface area contributed by atoms with E-state index in [1.807, 2.05) is 0 Å². The highest BCUT2D eigenvalue weighted by Gasteiger charge is 2.57. The van der Waals surface area contributed by atoms with E-state index in [2.05, 4.69) is 21.3 Å². The Hall–Kier alpha value is -3.25. The van der Waals surface area contributed by atoms with E-state index in [0.29, 0.717) is 24.2 Å². The third kappa shape index (κ3) is 5.44. The van der Waals surface area contributed by atoms with Gasteiger partial charge in [0, 0.05) is 11.4 Å². The fourth-order valence-corrected chi connectivity index (χ4v) is 4.68. The van der Waals surface area contributed by atoms with Crippen molar-refractivity contribution in [1.29, 1.82) is 0 Å². The molecule has 1 atom stereocenters.